The van der Waals surface area contributed by atoms with Crippen LogP contribution >= 0.6 is 34.8 Å². The summed E-state index contributed by atoms with van der Waals surface area (Å²) in [4.78, 5) is 41.0. The number of halogens is 3. The smallest absolute Gasteiger partial charge is 0.248 e. The number of anilines is 3. The fourth-order valence-electron chi connectivity index (χ4n) is 4.41. The highest BCUT2D eigenvalue weighted by Crippen LogP contribution is 2.61. The van der Waals surface area contributed by atoms with Crippen molar-refractivity contribution in [2.75, 3.05) is 15.5 Å². The average molecular weight is 507 g/mol. The molecule has 172 valence electrons. The Kier molecular flexibility index (Phi) is 6.45. The number of fused-ring (bicyclic) bond motifs is 1. The quantitative estimate of drug-likeness (QED) is 0.553. The zero-order chi connectivity index (χ0) is 23.9. The molecule has 1 aliphatic heterocycles. The van der Waals surface area contributed by atoms with E-state index in [0.717, 1.165) is 0 Å². The minimum Gasteiger partial charge on any atom is -0.326 e. The number of nitrogens with zero attached hydrogens (tertiary/aromatic N) is 1. The first-order valence-electron chi connectivity index (χ1n) is 10.4. The number of amides is 3. The van der Waals surface area contributed by atoms with Crippen LogP contribution in [0, 0.1) is 17.3 Å². The molecule has 0 bridgehead atoms. The first kappa shape index (κ1) is 23.6. The molecule has 33 heavy (non-hydrogen) atoms. The third-order valence-corrected chi connectivity index (χ3v) is 6.77. The number of carbonyl (C=O) groups is 3. The highest BCUT2D eigenvalue weighted by atomic mass is 35.5. The molecule has 1 aliphatic carbocycles. The second kappa shape index (κ2) is 9.01. The van der Waals surface area contributed by atoms with E-state index in [1.54, 1.807) is 54.6 Å². The van der Waals surface area contributed by atoms with E-state index in [4.69, 9.17) is 34.8 Å². The normalized spacial score (nSPS) is 22.6. The summed E-state index contributed by atoms with van der Waals surface area (Å²) in [6.07, 6.45) is 1.45. The maximum atomic E-state index is 13.7. The standard InChI is InChI=1S/C24H22Cl3N3O3/c1-24(2)15(11-19(26)27)21(24)23(33)30-17-6-4-3-5-16(17)29-22(32)18(30)12-20(31)28-14-9-7-13(25)8-10-14/h3-11,15,18,21H,12H2,1-2H3,(H,28,31)(H,29,32)/t15-,18-,21-/m0/s1. The summed E-state index contributed by atoms with van der Waals surface area (Å²) in [5, 5.41) is 6.11. The summed E-state index contributed by atoms with van der Waals surface area (Å²) in [7, 11) is 0. The molecule has 2 aromatic carbocycles. The van der Waals surface area contributed by atoms with Gasteiger partial charge in [-0.05, 0) is 53.8 Å². The van der Waals surface area contributed by atoms with Gasteiger partial charge < -0.3 is 10.6 Å². The largest absolute Gasteiger partial charge is 0.326 e. The molecule has 9 heteroatoms. The predicted octanol–water partition coefficient (Wildman–Crippen LogP) is 5.61. The maximum absolute atomic E-state index is 13.7. The van der Waals surface area contributed by atoms with Crippen LogP contribution in [0.15, 0.2) is 59.1 Å². The highest BCUT2D eigenvalue weighted by molar-refractivity contribution is 6.55. The van der Waals surface area contributed by atoms with Crippen LogP contribution in [0.25, 0.3) is 0 Å². The van der Waals surface area contributed by atoms with Gasteiger partial charge in [0, 0.05) is 10.7 Å². The topological polar surface area (TPSA) is 78.5 Å². The van der Waals surface area contributed by atoms with Gasteiger partial charge in [0.25, 0.3) is 0 Å². The van der Waals surface area contributed by atoms with Gasteiger partial charge in [0.05, 0.1) is 23.7 Å². The molecule has 0 unspecified atom stereocenters. The minimum atomic E-state index is -1.01. The molecule has 1 saturated carbocycles. The fraction of sp³-hybridized carbons (Fsp3) is 0.292. The number of benzene rings is 2. The monoisotopic (exact) mass is 505 g/mol. The van der Waals surface area contributed by atoms with Crippen LogP contribution in [0.2, 0.25) is 5.02 Å². The molecule has 1 heterocycles. The molecule has 0 saturated heterocycles. The molecule has 2 N–H and O–H groups in total. The molecule has 1 fully saturated rings. The van der Waals surface area contributed by atoms with Crippen LogP contribution in [0.3, 0.4) is 0 Å². The summed E-state index contributed by atoms with van der Waals surface area (Å²) < 4.78 is 0.0963. The van der Waals surface area contributed by atoms with E-state index >= 15 is 0 Å². The zero-order valence-corrected chi connectivity index (χ0v) is 20.2. The van der Waals surface area contributed by atoms with Crippen molar-refractivity contribution in [3.63, 3.8) is 0 Å². The average Bonchev–Trinajstić information content (AvgIpc) is 3.28. The lowest BCUT2D eigenvalue weighted by atomic mass is 10.0. The highest BCUT2D eigenvalue weighted by Gasteiger charge is 2.62. The molecule has 0 aromatic heterocycles. The summed E-state index contributed by atoms with van der Waals surface area (Å²) in [6.45, 7) is 3.90. The van der Waals surface area contributed by atoms with Crippen LogP contribution in [-0.2, 0) is 14.4 Å². The molecule has 3 amide bonds. The molecular weight excluding hydrogens is 485 g/mol. The van der Waals surface area contributed by atoms with E-state index in [9.17, 15) is 14.4 Å². The number of allylic oxidation sites excluding steroid dienone is 1. The van der Waals surface area contributed by atoms with Gasteiger partial charge in [0.1, 0.15) is 10.5 Å². The molecular formula is C24H22Cl3N3O3. The summed E-state index contributed by atoms with van der Waals surface area (Å²) in [6, 6.07) is 12.7. The lowest BCUT2D eigenvalue weighted by Crippen LogP contribution is -2.53. The van der Waals surface area contributed by atoms with Crippen molar-refractivity contribution < 1.29 is 14.4 Å². The van der Waals surface area contributed by atoms with Gasteiger partial charge in [-0.3, -0.25) is 19.3 Å². The Hall–Kier alpha value is -2.54. The Labute approximate surface area is 206 Å². The first-order valence-corrected chi connectivity index (χ1v) is 11.5. The van der Waals surface area contributed by atoms with Gasteiger partial charge in [-0.15, -0.1) is 0 Å². The summed E-state index contributed by atoms with van der Waals surface area (Å²) >= 11 is 17.6. The molecule has 6 nitrogen and oxygen atoms in total. The van der Waals surface area contributed by atoms with Crippen LogP contribution in [0.4, 0.5) is 17.1 Å². The molecule has 2 aromatic rings. The van der Waals surface area contributed by atoms with Crippen LogP contribution in [0.5, 0.6) is 0 Å². The third kappa shape index (κ3) is 4.74. The molecule has 2 aliphatic rings. The van der Waals surface area contributed by atoms with Gasteiger partial charge in [-0.1, -0.05) is 60.8 Å². The Bertz CT molecular complexity index is 1140. The predicted molar refractivity (Wildman–Crippen MR) is 132 cm³/mol. The number of para-hydroxylation sites is 2. The van der Waals surface area contributed by atoms with E-state index in [1.165, 1.54) is 4.90 Å². The number of nitrogens with one attached hydrogen (secondary N) is 2. The molecule has 3 atom stereocenters. The van der Waals surface area contributed by atoms with E-state index in [0.29, 0.717) is 22.1 Å². The zero-order valence-electron chi connectivity index (χ0n) is 17.9. The Balaban J connectivity index is 1.63. The van der Waals surface area contributed by atoms with Crippen molar-refractivity contribution in [1.29, 1.82) is 0 Å². The van der Waals surface area contributed by atoms with E-state index in [-0.39, 0.29) is 28.2 Å². The number of rotatable bonds is 5. The van der Waals surface area contributed by atoms with E-state index < -0.39 is 23.8 Å². The van der Waals surface area contributed by atoms with Crippen molar-refractivity contribution >= 4 is 69.6 Å². The minimum absolute atomic E-state index is 0.0963. The van der Waals surface area contributed by atoms with Crippen molar-refractivity contribution in [3.05, 3.63) is 64.1 Å². The lowest BCUT2D eigenvalue weighted by Gasteiger charge is -2.36. The van der Waals surface area contributed by atoms with Crippen molar-refractivity contribution in [2.24, 2.45) is 17.3 Å². The van der Waals surface area contributed by atoms with Gasteiger partial charge in [-0.25, -0.2) is 0 Å². The Morgan fingerprint density at radius 1 is 1.12 bits per heavy atom. The molecule has 0 spiro atoms. The van der Waals surface area contributed by atoms with Gasteiger partial charge in [0.2, 0.25) is 17.7 Å². The SMILES string of the molecule is CC1(C)[C@H](C(=O)N2c3ccccc3NC(=O)[C@@H]2CC(=O)Nc2ccc(Cl)cc2)[C@@H]1C=C(Cl)Cl. The number of hydrogen-bond donors (Lipinski definition) is 2. The van der Waals surface area contributed by atoms with Crippen molar-refractivity contribution in [2.45, 2.75) is 26.3 Å². The molecule has 4 rings (SSSR count). The van der Waals surface area contributed by atoms with Gasteiger partial charge >= 0.3 is 0 Å². The van der Waals surface area contributed by atoms with E-state index in [2.05, 4.69) is 10.6 Å². The van der Waals surface area contributed by atoms with Crippen molar-refractivity contribution in [1.82, 2.24) is 0 Å². The molecule has 0 radical (unpaired) electrons. The van der Waals surface area contributed by atoms with E-state index in [1.807, 2.05) is 13.8 Å². The summed E-state index contributed by atoms with van der Waals surface area (Å²) in [5.41, 5.74) is 1.23. The Morgan fingerprint density at radius 3 is 2.45 bits per heavy atom. The summed E-state index contributed by atoms with van der Waals surface area (Å²) in [5.74, 6) is -1.66. The van der Waals surface area contributed by atoms with Gasteiger partial charge in [0.15, 0.2) is 0 Å². The first-order chi connectivity index (χ1) is 15.6. The van der Waals surface area contributed by atoms with Gasteiger partial charge in [-0.2, -0.15) is 0 Å². The van der Waals surface area contributed by atoms with Crippen LogP contribution in [0.1, 0.15) is 20.3 Å². The van der Waals surface area contributed by atoms with Crippen LogP contribution < -0.4 is 15.5 Å². The van der Waals surface area contributed by atoms with Crippen LogP contribution in [-0.4, -0.2) is 23.8 Å². The third-order valence-electron chi connectivity index (χ3n) is 6.26. The second-order valence-electron chi connectivity index (χ2n) is 8.77. The number of hydrogen-bond acceptors (Lipinski definition) is 3. The maximum Gasteiger partial charge on any atom is 0.248 e. The Morgan fingerprint density at radius 2 is 1.79 bits per heavy atom. The fourth-order valence-corrected chi connectivity index (χ4v) is 4.81. The second-order valence-corrected chi connectivity index (χ2v) is 10.2. The number of carbonyl (C=O) groups excluding carboxylic acids is 3. The lowest BCUT2D eigenvalue weighted by molar-refractivity contribution is -0.127. The van der Waals surface area contributed by atoms with Crippen molar-refractivity contribution in [3.8, 4) is 0 Å².